The van der Waals surface area contributed by atoms with Gasteiger partial charge in [0, 0.05) is 0 Å². The molecule has 1 N–H and O–H groups in total. The summed E-state index contributed by atoms with van der Waals surface area (Å²) in [5.41, 5.74) is 0. The zero-order valence-electron chi connectivity index (χ0n) is 7.02. The van der Waals surface area contributed by atoms with Crippen LogP contribution in [0.1, 0.15) is 20.8 Å². The van der Waals surface area contributed by atoms with Gasteiger partial charge in [0.2, 0.25) is 0 Å². The first kappa shape index (κ1) is 9.39. The molecule has 0 spiro atoms. The van der Waals surface area contributed by atoms with Gasteiger partial charge in [0.15, 0.2) is 0 Å². The molecule has 0 aromatic carbocycles. The molecule has 0 saturated carbocycles. The number of hydrogen-bond acceptors (Lipinski definition) is 1. The Balaban J connectivity index is 4.20. The van der Waals surface area contributed by atoms with E-state index in [-0.39, 0.29) is 0 Å². The molecule has 0 aromatic rings. The molecule has 0 atom stereocenters. The first-order valence-electron chi connectivity index (χ1n) is 3.72. The fraction of sp³-hybridized carbons (Fsp3) is 1.00. The molecule has 0 radical (unpaired) electrons. The van der Waals surface area contributed by atoms with E-state index in [1.54, 1.807) is 0 Å². The van der Waals surface area contributed by atoms with E-state index in [0.29, 0.717) is 0 Å². The summed E-state index contributed by atoms with van der Waals surface area (Å²) in [7, 11) is 0. The van der Waals surface area contributed by atoms with Gasteiger partial charge < -0.3 is 0 Å². The van der Waals surface area contributed by atoms with E-state index >= 15 is 0 Å². The molecule has 0 unspecified atom stereocenters. The van der Waals surface area contributed by atoms with E-state index in [1.807, 2.05) is 0 Å². The van der Waals surface area contributed by atoms with E-state index in [0.717, 1.165) is 18.5 Å². The molecule has 0 aliphatic rings. The van der Waals surface area contributed by atoms with Crippen molar-refractivity contribution < 1.29 is 4.89 Å². The first-order valence-corrected chi connectivity index (χ1v) is 6.91. The topological polar surface area (TPSA) is 20.2 Å². The van der Waals surface area contributed by atoms with Crippen molar-refractivity contribution >= 4 is 6.83 Å². The molecule has 0 heterocycles. The van der Waals surface area contributed by atoms with Crippen molar-refractivity contribution in [1.82, 2.24) is 0 Å². The maximum atomic E-state index is 10.0. The van der Waals surface area contributed by atoms with Crippen LogP contribution >= 0.6 is 6.83 Å². The Morgan fingerprint density at radius 1 is 1.00 bits per heavy atom. The predicted molar refractivity (Wildman–Crippen MR) is 46.7 cm³/mol. The van der Waals surface area contributed by atoms with Crippen LogP contribution < -0.4 is 0 Å². The zero-order chi connectivity index (χ0) is 7.57. The molecular formula is C7H19OP. The third kappa shape index (κ3) is 2.23. The minimum absolute atomic E-state index is 0.971. The van der Waals surface area contributed by atoms with Crippen molar-refractivity contribution in [3.8, 4) is 0 Å². The van der Waals surface area contributed by atoms with Gasteiger partial charge in [-0.15, -0.1) is 0 Å². The van der Waals surface area contributed by atoms with Crippen molar-refractivity contribution in [3.05, 3.63) is 0 Å². The van der Waals surface area contributed by atoms with Crippen molar-refractivity contribution in [3.63, 3.8) is 0 Å². The molecular weight excluding hydrogens is 131 g/mol. The van der Waals surface area contributed by atoms with Crippen LogP contribution in [0.25, 0.3) is 0 Å². The predicted octanol–water partition coefficient (Wildman–Crippen LogP) is 2.14. The summed E-state index contributed by atoms with van der Waals surface area (Å²) in [6.07, 6.45) is 2.91. The van der Waals surface area contributed by atoms with Crippen LogP contribution in [-0.2, 0) is 0 Å². The normalized spacial score (nSPS) is 16.8. The standard InChI is InChI=1S/C7H19OP/c1-5-9(4,8,6-2)7-3/h8H,5-7H2,1-4H3. The molecule has 9 heavy (non-hydrogen) atoms. The molecule has 0 amide bonds. The van der Waals surface area contributed by atoms with Crippen LogP contribution in [0, 0.1) is 0 Å². The Morgan fingerprint density at radius 2 is 1.22 bits per heavy atom. The summed E-state index contributed by atoms with van der Waals surface area (Å²) in [5, 5.41) is 0. The average Bonchev–Trinajstić information content (AvgIpc) is 1.90. The summed E-state index contributed by atoms with van der Waals surface area (Å²) in [5.74, 6) is 0. The van der Waals surface area contributed by atoms with E-state index in [1.165, 1.54) is 0 Å². The second-order valence-corrected chi connectivity index (χ2v) is 9.58. The Labute approximate surface area is 58.5 Å². The van der Waals surface area contributed by atoms with Gasteiger partial charge in [-0.2, -0.15) is 0 Å². The maximum absolute atomic E-state index is 10.0. The fourth-order valence-corrected chi connectivity index (χ4v) is 2.01. The average molecular weight is 150 g/mol. The Bertz CT molecular complexity index is 80.1. The summed E-state index contributed by atoms with van der Waals surface area (Å²) >= 11 is 0. The molecule has 0 aromatic heterocycles. The third-order valence-electron chi connectivity index (χ3n) is 2.71. The Kier molecular flexibility index (Phi) is 2.67. The second kappa shape index (κ2) is 2.56. The van der Waals surface area contributed by atoms with Crippen molar-refractivity contribution in [2.45, 2.75) is 20.8 Å². The third-order valence-corrected chi connectivity index (χ3v) is 8.14. The molecule has 0 bridgehead atoms. The molecule has 0 aliphatic carbocycles. The van der Waals surface area contributed by atoms with Gasteiger partial charge in [-0.1, -0.05) is 0 Å². The molecule has 0 rings (SSSR count). The van der Waals surface area contributed by atoms with Gasteiger partial charge in [0.05, 0.1) is 0 Å². The van der Waals surface area contributed by atoms with E-state index in [9.17, 15) is 4.89 Å². The molecule has 58 valence electrons. The minimum atomic E-state index is -2.13. The van der Waals surface area contributed by atoms with E-state index < -0.39 is 6.83 Å². The van der Waals surface area contributed by atoms with Gasteiger partial charge in [0.1, 0.15) is 0 Å². The van der Waals surface area contributed by atoms with Crippen molar-refractivity contribution in [1.29, 1.82) is 0 Å². The summed E-state index contributed by atoms with van der Waals surface area (Å²) in [4.78, 5) is 10.0. The second-order valence-electron chi connectivity index (χ2n) is 3.19. The Hall–Kier alpha value is 0.390. The fourth-order valence-electron chi connectivity index (χ4n) is 0.671. The summed E-state index contributed by atoms with van der Waals surface area (Å²) < 4.78 is 0. The summed E-state index contributed by atoms with van der Waals surface area (Å²) in [6, 6.07) is 0. The molecule has 2 heteroatoms. The zero-order valence-corrected chi connectivity index (χ0v) is 7.91. The quantitative estimate of drug-likeness (QED) is 0.611. The monoisotopic (exact) mass is 150 g/mol. The SMILES string of the molecule is CCP(C)(O)(CC)CC. The van der Waals surface area contributed by atoms with Crippen LogP contribution in [-0.4, -0.2) is 30.0 Å². The summed E-state index contributed by atoms with van der Waals surface area (Å²) in [6.45, 7) is 6.20. The Morgan fingerprint density at radius 3 is 1.22 bits per heavy atom. The number of rotatable bonds is 3. The van der Waals surface area contributed by atoms with Crippen molar-refractivity contribution in [2.75, 3.05) is 25.2 Å². The molecule has 0 fully saturated rings. The van der Waals surface area contributed by atoms with Crippen LogP contribution in [0.2, 0.25) is 0 Å². The van der Waals surface area contributed by atoms with Crippen LogP contribution in [0.15, 0.2) is 0 Å². The number of hydrogen-bond donors (Lipinski definition) is 1. The van der Waals surface area contributed by atoms with Gasteiger partial charge >= 0.3 is 57.6 Å². The van der Waals surface area contributed by atoms with Crippen LogP contribution in [0.3, 0.4) is 0 Å². The molecule has 0 saturated heterocycles. The van der Waals surface area contributed by atoms with E-state index in [2.05, 4.69) is 27.4 Å². The van der Waals surface area contributed by atoms with Gasteiger partial charge in [-0.3, -0.25) is 0 Å². The van der Waals surface area contributed by atoms with Crippen LogP contribution in [0.5, 0.6) is 0 Å². The first-order chi connectivity index (χ1) is 3.96. The molecule has 1 nitrogen and oxygen atoms in total. The van der Waals surface area contributed by atoms with Gasteiger partial charge in [0.25, 0.3) is 0 Å². The van der Waals surface area contributed by atoms with Crippen LogP contribution in [0.4, 0.5) is 0 Å². The van der Waals surface area contributed by atoms with Gasteiger partial charge in [-0.05, 0) is 0 Å². The molecule has 0 aliphatic heterocycles. The van der Waals surface area contributed by atoms with Gasteiger partial charge in [-0.25, -0.2) is 0 Å². The van der Waals surface area contributed by atoms with Crippen molar-refractivity contribution in [2.24, 2.45) is 0 Å². The van der Waals surface area contributed by atoms with E-state index in [4.69, 9.17) is 0 Å².